The number of hydrogen-bond acceptors (Lipinski definition) is 3. The highest BCUT2D eigenvalue weighted by Crippen LogP contribution is 2.27. The first-order valence-electron chi connectivity index (χ1n) is 6.40. The third kappa shape index (κ3) is 2.55. The van der Waals surface area contributed by atoms with Gasteiger partial charge in [0.2, 0.25) is 0 Å². The summed E-state index contributed by atoms with van der Waals surface area (Å²) in [7, 11) is 0. The van der Waals surface area contributed by atoms with Crippen LogP contribution in [0, 0.1) is 5.92 Å². The van der Waals surface area contributed by atoms with E-state index in [1.165, 1.54) is 0 Å². The second kappa shape index (κ2) is 5.26. The molecule has 2 heterocycles. The van der Waals surface area contributed by atoms with Crippen LogP contribution in [-0.2, 0) is 4.79 Å². The average Bonchev–Trinajstić information content (AvgIpc) is 3.08. The Morgan fingerprint density at radius 3 is 2.70 bits per heavy atom. The van der Waals surface area contributed by atoms with E-state index in [0.717, 1.165) is 11.3 Å². The quantitative estimate of drug-likeness (QED) is 0.910. The van der Waals surface area contributed by atoms with Gasteiger partial charge < -0.3 is 10.4 Å². The van der Waals surface area contributed by atoms with Crippen LogP contribution in [0.25, 0.3) is 5.69 Å². The molecule has 2 aromatic rings. The summed E-state index contributed by atoms with van der Waals surface area (Å²) in [5, 5.41) is 17.0. The predicted octanol–water partition coefficient (Wildman–Crippen LogP) is 2.26. The van der Waals surface area contributed by atoms with E-state index >= 15 is 0 Å². The van der Waals surface area contributed by atoms with Crippen LogP contribution in [-0.4, -0.2) is 27.4 Å². The van der Waals surface area contributed by atoms with Crippen molar-refractivity contribution >= 4 is 17.6 Å². The van der Waals surface area contributed by atoms with Crippen LogP contribution in [0.3, 0.4) is 0 Å². The minimum Gasteiger partial charge on any atom is -0.481 e. The predicted molar refractivity (Wildman–Crippen MR) is 75.1 cm³/mol. The van der Waals surface area contributed by atoms with Crippen molar-refractivity contribution in [2.24, 2.45) is 5.92 Å². The highest BCUT2D eigenvalue weighted by molar-refractivity contribution is 6.30. The smallest absolute Gasteiger partial charge is 0.307 e. The summed E-state index contributed by atoms with van der Waals surface area (Å²) in [5.74, 6) is -1.03. The van der Waals surface area contributed by atoms with Gasteiger partial charge in [-0.25, -0.2) is 4.68 Å². The number of aromatic nitrogens is 2. The Labute approximate surface area is 121 Å². The topological polar surface area (TPSA) is 67.2 Å². The zero-order valence-corrected chi connectivity index (χ0v) is 11.4. The number of aliphatic carboxylic acids is 1. The number of nitrogens with one attached hydrogen (secondary N) is 1. The lowest BCUT2D eigenvalue weighted by Crippen LogP contribution is -2.17. The van der Waals surface area contributed by atoms with Gasteiger partial charge in [-0.2, -0.15) is 5.10 Å². The maximum Gasteiger partial charge on any atom is 0.307 e. The van der Waals surface area contributed by atoms with Crippen molar-refractivity contribution in [2.45, 2.75) is 12.5 Å². The van der Waals surface area contributed by atoms with Crippen molar-refractivity contribution in [1.29, 1.82) is 0 Å². The van der Waals surface area contributed by atoms with Crippen LogP contribution in [0.2, 0.25) is 5.02 Å². The summed E-state index contributed by atoms with van der Waals surface area (Å²) in [4.78, 5) is 11.0. The zero-order chi connectivity index (χ0) is 14.1. The van der Waals surface area contributed by atoms with Crippen molar-refractivity contribution in [3.8, 4) is 5.69 Å². The average molecular weight is 292 g/mol. The van der Waals surface area contributed by atoms with Gasteiger partial charge in [-0.1, -0.05) is 23.7 Å². The Kier molecular flexibility index (Phi) is 3.46. The highest BCUT2D eigenvalue weighted by Gasteiger charge is 2.29. The maximum absolute atomic E-state index is 11.0. The Morgan fingerprint density at radius 2 is 2.15 bits per heavy atom. The highest BCUT2D eigenvalue weighted by atomic mass is 35.5. The van der Waals surface area contributed by atoms with Gasteiger partial charge >= 0.3 is 5.97 Å². The molecule has 2 atom stereocenters. The number of benzene rings is 1. The first-order chi connectivity index (χ1) is 9.63. The van der Waals surface area contributed by atoms with Crippen LogP contribution in [0.4, 0.5) is 0 Å². The summed E-state index contributed by atoms with van der Waals surface area (Å²) in [6.07, 6.45) is 3.96. The number of carboxylic acids is 1. The van der Waals surface area contributed by atoms with Crippen molar-refractivity contribution in [3.63, 3.8) is 0 Å². The Balaban J connectivity index is 1.75. The summed E-state index contributed by atoms with van der Waals surface area (Å²) >= 11 is 5.84. The standard InChI is InChI=1S/C14H14ClN3O2/c15-11-7-17-18(8-11)12-3-1-9(2-4-12)13-5-10(6-16-13)14(19)20/h1-4,7-8,10,13,16H,5-6H2,(H,19,20). The fraction of sp³-hybridized carbons (Fsp3) is 0.286. The van der Waals surface area contributed by atoms with E-state index in [4.69, 9.17) is 16.7 Å². The summed E-state index contributed by atoms with van der Waals surface area (Å²) in [5.41, 5.74) is 2.02. The molecule has 1 aromatic carbocycles. The van der Waals surface area contributed by atoms with E-state index in [0.29, 0.717) is 18.0 Å². The van der Waals surface area contributed by atoms with Crippen LogP contribution < -0.4 is 5.32 Å². The molecule has 1 aliphatic heterocycles. The first kappa shape index (κ1) is 13.1. The minimum atomic E-state index is -0.734. The van der Waals surface area contributed by atoms with Gasteiger partial charge in [0.25, 0.3) is 0 Å². The van der Waals surface area contributed by atoms with Crippen molar-refractivity contribution in [1.82, 2.24) is 15.1 Å². The number of halogens is 1. The number of nitrogens with zero attached hydrogens (tertiary/aromatic N) is 2. The lowest BCUT2D eigenvalue weighted by atomic mass is 10.00. The molecule has 5 nitrogen and oxygen atoms in total. The molecule has 1 aromatic heterocycles. The van der Waals surface area contributed by atoms with Gasteiger partial charge in [-0.3, -0.25) is 4.79 Å². The molecule has 2 unspecified atom stereocenters. The molecule has 20 heavy (non-hydrogen) atoms. The van der Waals surface area contributed by atoms with E-state index in [2.05, 4.69) is 10.4 Å². The monoisotopic (exact) mass is 291 g/mol. The summed E-state index contributed by atoms with van der Waals surface area (Å²) < 4.78 is 1.70. The maximum atomic E-state index is 11.0. The van der Waals surface area contributed by atoms with E-state index < -0.39 is 5.97 Å². The number of carboxylic acid groups (broad SMARTS) is 1. The van der Waals surface area contributed by atoms with Gasteiger partial charge in [0.15, 0.2) is 0 Å². The zero-order valence-electron chi connectivity index (χ0n) is 10.7. The first-order valence-corrected chi connectivity index (χ1v) is 6.78. The van der Waals surface area contributed by atoms with Crippen LogP contribution in [0.5, 0.6) is 0 Å². The number of rotatable bonds is 3. The van der Waals surface area contributed by atoms with E-state index in [1.807, 2.05) is 24.3 Å². The molecule has 0 spiro atoms. The molecule has 0 radical (unpaired) electrons. The molecule has 0 saturated carbocycles. The third-order valence-electron chi connectivity index (χ3n) is 3.59. The van der Waals surface area contributed by atoms with Crippen molar-refractivity contribution in [3.05, 3.63) is 47.2 Å². The summed E-state index contributed by atoms with van der Waals surface area (Å²) in [6.45, 7) is 0.524. The molecule has 0 amide bonds. The molecule has 3 rings (SSSR count). The summed E-state index contributed by atoms with van der Waals surface area (Å²) in [6, 6.07) is 7.99. The van der Waals surface area contributed by atoms with E-state index in [-0.39, 0.29) is 12.0 Å². The molecule has 104 valence electrons. The molecule has 6 heteroatoms. The molecule has 0 bridgehead atoms. The van der Waals surface area contributed by atoms with Crippen LogP contribution in [0.15, 0.2) is 36.7 Å². The number of carbonyl (C=O) groups is 1. The van der Waals surface area contributed by atoms with Gasteiger partial charge in [0.1, 0.15) is 0 Å². The minimum absolute atomic E-state index is 0.103. The molecule has 1 fully saturated rings. The molecule has 2 N–H and O–H groups in total. The van der Waals surface area contributed by atoms with Crippen LogP contribution in [0.1, 0.15) is 18.0 Å². The Morgan fingerprint density at radius 1 is 1.40 bits per heavy atom. The van der Waals surface area contributed by atoms with Crippen molar-refractivity contribution < 1.29 is 9.90 Å². The van der Waals surface area contributed by atoms with Crippen LogP contribution >= 0.6 is 11.6 Å². The number of hydrogen-bond donors (Lipinski definition) is 2. The molecule has 0 aliphatic carbocycles. The SMILES string of the molecule is O=C(O)C1CNC(c2ccc(-n3cc(Cl)cn3)cc2)C1. The second-order valence-corrected chi connectivity index (χ2v) is 5.36. The Hall–Kier alpha value is -1.85. The lowest BCUT2D eigenvalue weighted by molar-refractivity contribution is -0.141. The lowest BCUT2D eigenvalue weighted by Gasteiger charge is -2.11. The third-order valence-corrected chi connectivity index (χ3v) is 3.79. The fourth-order valence-electron chi connectivity index (χ4n) is 2.48. The fourth-order valence-corrected chi connectivity index (χ4v) is 2.62. The molecule has 1 aliphatic rings. The Bertz CT molecular complexity index is 624. The second-order valence-electron chi connectivity index (χ2n) is 4.93. The van der Waals surface area contributed by atoms with E-state index in [1.54, 1.807) is 17.1 Å². The molecular formula is C14H14ClN3O2. The molecular weight excluding hydrogens is 278 g/mol. The van der Waals surface area contributed by atoms with Gasteiger partial charge in [-0.15, -0.1) is 0 Å². The largest absolute Gasteiger partial charge is 0.481 e. The van der Waals surface area contributed by atoms with Gasteiger partial charge in [0.05, 0.1) is 22.8 Å². The normalized spacial score (nSPS) is 22.1. The van der Waals surface area contributed by atoms with Gasteiger partial charge in [-0.05, 0) is 24.1 Å². The van der Waals surface area contributed by atoms with E-state index in [9.17, 15) is 4.79 Å². The van der Waals surface area contributed by atoms with Gasteiger partial charge in [0, 0.05) is 18.8 Å². The van der Waals surface area contributed by atoms with Crippen molar-refractivity contribution in [2.75, 3.05) is 6.54 Å². The molecule has 1 saturated heterocycles.